The molecule has 1 saturated heterocycles. The molecule has 0 atom stereocenters. The second-order valence-corrected chi connectivity index (χ2v) is 4.17. The number of rotatable bonds is 3. The smallest absolute Gasteiger partial charge is 0.0165 e. The lowest BCUT2D eigenvalue weighted by Crippen LogP contribution is -2.44. The molecule has 0 unspecified atom stereocenters. The van der Waals surface area contributed by atoms with Gasteiger partial charge in [-0.1, -0.05) is 11.6 Å². The van der Waals surface area contributed by atoms with Gasteiger partial charge in [-0.2, -0.15) is 0 Å². The molecule has 80 valence electrons. The number of piperazine rings is 1. The number of hydrogen-bond donors (Lipinski definition) is 2. The van der Waals surface area contributed by atoms with Gasteiger partial charge in [0.2, 0.25) is 0 Å². The summed E-state index contributed by atoms with van der Waals surface area (Å²) in [5, 5.41) is 6.81. The maximum atomic E-state index is 3.42. The predicted molar refractivity (Wildman–Crippen MR) is 59.5 cm³/mol. The van der Waals surface area contributed by atoms with Crippen LogP contribution in [-0.4, -0.2) is 50.7 Å². The van der Waals surface area contributed by atoms with E-state index in [0.29, 0.717) is 0 Å². The zero-order valence-electron chi connectivity index (χ0n) is 8.89. The third-order valence-corrected chi connectivity index (χ3v) is 3.06. The van der Waals surface area contributed by atoms with Crippen molar-refractivity contribution in [2.45, 2.75) is 12.8 Å². The van der Waals surface area contributed by atoms with Crippen LogP contribution in [0.3, 0.4) is 0 Å². The molecule has 1 fully saturated rings. The fraction of sp³-hybridized carbons (Fsp3) is 0.818. The largest absolute Gasteiger partial charge is 0.314 e. The molecule has 3 heteroatoms. The van der Waals surface area contributed by atoms with Gasteiger partial charge in [0.25, 0.3) is 0 Å². The molecule has 0 radical (unpaired) electrons. The van der Waals surface area contributed by atoms with Crippen LogP contribution < -0.4 is 10.6 Å². The Hall–Kier alpha value is -0.380. The van der Waals surface area contributed by atoms with E-state index in [-0.39, 0.29) is 0 Å². The van der Waals surface area contributed by atoms with Crippen molar-refractivity contribution in [3.8, 4) is 0 Å². The summed E-state index contributed by atoms with van der Waals surface area (Å²) in [5.41, 5.74) is 1.61. The van der Waals surface area contributed by atoms with E-state index in [9.17, 15) is 0 Å². The summed E-state index contributed by atoms with van der Waals surface area (Å²) in [6.07, 6.45) is 4.89. The van der Waals surface area contributed by atoms with E-state index in [2.05, 4.69) is 21.6 Å². The van der Waals surface area contributed by atoms with Crippen molar-refractivity contribution in [1.29, 1.82) is 0 Å². The maximum absolute atomic E-state index is 3.42. The van der Waals surface area contributed by atoms with Crippen LogP contribution >= 0.6 is 0 Å². The average Bonchev–Trinajstić information content (AvgIpc) is 2.29. The lowest BCUT2D eigenvalue weighted by molar-refractivity contribution is 0.243. The highest BCUT2D eigenvalue weighted by Gasteiger charge is 2.10. The average molecular weight is 195 g/mol. The van der Waals surface area contributed by atoms with Crippen molar-refractivity contribution in [2.24, 2.45) is 0 Å². The Morgan fingerprint density at radius 3 is 2.71 bits per heavy atom. The Labute approximate surface area is 86.5 Å². The zero-order valence-corrected chi connectivity index (χ0v) is 8.89. The van der Waals surface area contributed by atoms with Crippen LogP contribution in [0.2, 0.25) is 0 Å². The van der Waals surface area contributed by atoms with E-state index < -0.39 is 0 Å². The first-order chi connectivity index (χ1) is 6.95. The standard InChI is InChI=1S/C11H21N3/c1-2-11(10-13-4-1)3-7-14-8-5-12-6-9-14/h2,12-13H,1,3-10H2. The van der Waals surface area contributed by atoms with Gasteiger partial charge < -0.3 is 15.5 Å². The van der Waals surface area contributed by atoms with Crippen LogP contribution in [0.25, 0.3) is 0 Å². The molecule has 0 aliphatic carbocycles. The highest BCUT2D eigenvalue weighted by Crippen LogP contribution is 2.07. The first-order valence-corrected chi connectivity index (χ1v) is 5.77. The molecule has 2 N–H and O–H groups in total. The van der Waals surface area contributed by atoms with E-state index in [1.807, 2.05) is 0 Å². The zero-order chi connectivity index (χ0) is 9.64. The van der Waals surface area contributed by atoms with Gasteiger partial charge in [-0.3, -0.25) is 0 Å². The normalized spacial score (nSPS) is 24.7. The highest BCUT2D eigenvalue weighted by molar-refractivity contribution is 5.07. The summed E-state index contributed by atoms with van der Waals surface area (Å²) in [6.45, 7) is 8.30. The molecule has 2 aliphatic rings. The Morgan fingerprint density at radius 2 is 2.00 bits per heavy atom. The summed E-state index contributed by atoms with van der Waals surface area (Å²) in [5.74, 6) is 0. The van der Waals surface area contributed by atoms with Crippen LogP contribution in [-0.2, 0) is 0 Å². The molecule has 2 rings (SSSR count). The molecule has 0 saturated carbocycles. The summed E-state index contributed by atoms with van der Waals surface area (Å²) in [4.78, 5) is 2.56. The third-order valence-electron chi connectivity index (χ3n) is 3.06. The lowest BCUT2D eigenvalue weighted by Gasteiger charge is -2.28. The van der Waals surface area contributed by atoms with Crippen molar-refractivity contribution < 1.29 is 0 Å². The van der Waals surface area contributed by atoms with Crippen LogP contribution in [0.5, 0.6) is 0 Å². The van der Waals surface area contributed by atoms with Crippen LogP contribution in [0.1, 0.15) is 12.8 Å². The van der Waals surface area contributed by atoms with Crippen molar-refractivity contribution in [2.75, 3.05) is 45.8 Å². The predicted octanol–water partition coefficient (Wildman–Crippen LogP) is 0.201. The third kappa shape index (κ3) is 3.08. The van der Waals surface area contributed by atoms with E-state index in [1.165, 1.54) is 32.5 Å². The van der Waals surface area contributed by atoms with Gasteiger partial charge in [0.05, 0.1) is 0 Å². The second-order valence-electron chi connectivity index (χ2n) is 4.17. The topological polar surface area (TPSA) is 27.3 Å². The molecule has 2 heterocycles. The summed E-state index contributed by atoms with van der Waals surface area (Å²) in [6, 6.07) is 0. The second kappa shape index (κ2) is 5.49. The molecular weight excluding hydrogens is 174 g/mol. The fourth-order valence-electron chi connectivity index (χ4n) is 2.13. The monoisotopic (exact) mass is 195 g/mol. The highest BCUT2D eigenvalue weighted by atomic mass is 15.2. The Morgan fingerprint density at radius 1 is 1.14 bits per heavy atom. The fourth-order valence-corrected chi connectivity index (χ4v) is 2.13. The molecule has 0 bridgehead atoms. The van der Waals surface area contributed by atoms with Gasteiger partial charge in [0.15, 0.2) is 0 Å². The van der Waals surface area contributed by atoms with Crippen LogP contribution in [0.4, 0.5) is 0 Å². The molecule has 0 spiro atoms. The van der Waals surface area contributed by atoms with Gasteiger partial charge in [0.1, 0.15) is 0 Å². The molecule has 14 heavy (non-hydrogen) atoms. The molecule has 0 amide bonds. The molecular formula is C11H21N3. The summed E-state index contributed by atoms with van der Waals surface area (Å²) < 4.78 is 0. The quantitative estimate of drug-likeness (QED) is 0.630. The van der Waals surface area contributed by atoms with Gasteiger partial charge in [0, 0.05) is 39.3 Å². The van der Waals surface area contributed by atoms with Gasteiger partial charge in [-0.25, -0.2) is 0 Å². The van der Waals surface area contributed by atoms with E-state index in [0.717, 1.165) is 26.2 Å². The summed E-state index contributed by atoms with van der Waals surface area (Å²) >= 11 is 0. The Kier molecular flexibility index (Phi) is 3.98. The molecule has 0 aromatic carbocycles. The minimum absolute atomic E-state index is 1.12. The summed E-state index contributed by atoms with van der Waals surface area (Å²) in [7, 11) is 0. The van der Waals surface area contributed by atoms with Crippen LogP contribution in [0.15, 0.2) is 11.6 Å². The number of hydrogen-bond acceptors (Lipinski definition) is 3. The van der Waals surface area contributed by atoms with Gasteiger partial charge in [-0.15, -0.1) is 0 Å². The van der Waals surface area contributed by atoms with E-state index >= 15 is 0 Å². The molecule has 0 aromatic heterocycles. The lowest BCUT2D eigenvalue weighted by atomic mass is 10.1. The van der Waals surface area contributed by atoms with Crippen molar-refractivity contribution >= 4 is 0 Å². The number of nitrogens with zero attached hydrogens (tertiary/aromatic N) is 1. The number of nitrogens with one attached hydrogen (secondary N) is 2. The van der Waals surface area contributed by atoms with E-state index in [1.54, 1.807) is 5.57 Å². The van der Waals surface area contributed by atoms with Gasteiger partial charge in [-0.05, 0) is 19.4 Å². The van der Waals surface area contributed by atoms with Crippen LogP contribution in [0, 0.1) is 0 Å². The molecule has 3 nitrogen and oxygen atoms in total. The van der Waals surface area contributed by atoms with E-state index in [4.69, 9.17) is 0 Å². The SMILES string of the molecule is C1=C(CCN2CCNCC2)CNCC1. The minimum atomic E-state index is 1.12. The Balaban J connectivity index is 1.67. The first-order valence-electron chi connectivity index (χ1n) is 5.77. The first kappa shape index (κ1) is 10.1. The van der Waals surface area contributed by atoms with Crippen molar-refractivity contribution in [3.63, 3.8) is 0 Å². The van der Waals surface area contributed by atoms with Crippen molar-refractivity contribution in [3.05, 3.63) is 11.6 Å². The maximum Gasteiger partial charge on any atom is 0.0165 e. The van der Waals surface area contributed by atoms with Gasteiger partial charge >= 0.3 is 0 Å². The molecule has 2 aliphatic heterocycles. The van der Waals surface area contributed by atoms with Crippen molar-refractivity contribution in [1.82, 2.24) is 15.5 Å². The minimum Gasteiger partial charge on any atom is -0.314 e. The molecule has 0 aromatic rings. The Bertz CT molecular complexity index is 195.